The molecule has 1 atom stereocenters. The van der Waals surface area contributed by atoms with Crippen molar-refractivity contribution in [2.45, 2.75) is 49.4 Å². The summed E-state index contributed by atoms with van der Waals surface area (Å²) in [6.45, 7) is 0. The molecule has 1 aliphatic heterocycles. The van der Waals surface area contributed by atoms with Crippen LogP contribution in [-0.4, -0.2) is 64.1 Å². The Labute approximate surface area is 121 Å². The molecule has 0 aromatic carbocycles. The highest BCUT2D eigenvalue weighted by atomic mass is 32.2. The predicted molar refractivity (Wildman–Crippen MR) is 78.8 cm³/mol. The van der Waals surface area contributed by atoms with Crippen LogP contribution in [0, 0.1) is 0 Å². The molecule has 0 aromatic rings. The summed E-state index contributed by atoms with van der Waals surface area (Å²) in [4.78, 5) is 0. The van der Waals surface area contributed by atoms with Gasteiger partial charge in [-0.1, -0.05) is 0 Å². The highest BCUT2D eigenvalue weighted by molar-refractivity contribution is 7.95. The van der Waals surface area contributed by atoms with E-state index in [1.54, 1.807) is 7.05 Å². The molecule has 0 aromatic heterocycles. The Bertz CT molecular complexity index is 536. The van der Waals surface area contributed by atoms with Crippen LogP contribution < -0.4 is 5.32 Å². The lowest BCUT2D eigenvalue weighted by atomic mass is 9.91. The molecule has 0 bridgehead atoms. The van der Waals surface area contributed by atoms with Gasteiger partial charge in [0, 0.05) is 19.1 Å². The largest absolute Gasteiger partial charge is 0.317 e. The van der Waals surface area contributed by atoms with Crippen LogP contribution in [-0.2, 0) is 19.9 Å². The summed E-state index contributed by atoms with van der Waals surface area (Å²) < 4.78 is 49.4. The fourth-order valence-electron chi connectivity index (χ4n) is 3.17. The average molecular weight is 324 g/mol. The summed E-state index contributed by atoms with van der Waals surface area (Å²) in [5.41, 5.74) is 0. The van der Waals surface area contributed by atoms with Gasteiger partial charge in [0.1, 0.15) is 0 Å². The van der Waals surface area contributed by atoms with Crippen LogP contribution in [0.3, 0.4) is 0 Å². The third-order valence-corrected chi connectivity index (χ3v) is 8.96. The van der Waals surface area contributed by atoms with E-state index in [9.17, 15) is 16.8 Å². The minimum Gasteiger partial charge on any atom is -0.317 e. The van der Waals surface area contributed by atoms with Crippen LogP contribution in [0.25, 0.3) is 0 Å². The Morgan fingerprint density at radius 1 is 1.10 bits per heavy atom. The van der Waals surface area contributed by atoms with Crippen molar-refractivity contribution >= 4 is 19.9 Å². The van der Waals surface area contributed by atoms with Gasteiger partial charge in [-0.05, 0) is 39.2 Å². The van der Waals surface area contributed by atoms with Gasteiger partial charge in [0.2, 0.25) is 10.0 Å². The SMILES string of the molecule is CNC1CCC(N(C)S(=O)(=O)C2CCS(=O)(=O)C2)CC1. The Morgan fingerprint density at radius 3 is 2.15 bits per heavy atom. The van der Waals surface area contributed by atoms with Crippen LogP contribution in [0.4, 0.5) is 0 Å². The zero-order valence-electron chi connectivity index (χ0n) is 12.1. The molecule has 0 spiro atoms. The summed E-state index contributed by atoms with van der Waals surface area (Å²) in [5.74, 6) is -0.219. The highest BCUT2D eigenvalue weighted by Crippen LogP contribution is 2.28. The summed E-state index contributed by atoms with van der Waals surface area (Å²) in [5, 5.41) is 2.47. The molecular formula is C12H24N2O4S2. The monoisotopic (exact) mass is 324 g/mol. The van der Waals surface area contributed by atoms with E-state index in [2.05, 4.69) is 5.32 Å². The summed E-state index contributed by atoms with van der Waals surface area (Å²) >= 11 is 0. The molecule has 0 amide bonds. The first-order chi connectivity index (χ1) is 9.26. The summed E-state index contributed by atoms with van der Waals surface area (Å²) in [6, 6.07) is 0.474. The van der Waals surface area contributed by atoms with Crippen LogP contribution in [0.2, 0.25) is 0 Å². The number of rotatable bonds is 4. The molecule has 1 unspecified atom stereocenters. The van der Waals surface area contributed by atoms with E-state index < -0.39 is 25.1 Å². The molecular weight excluding hydrogens is 300 g/mol. The van der Waals surface area contributed by atoms with Gasteiger partial charge in [-0.3, -0.25) is 0 Å². The number of hydrogen-bond acceptors (Lipinski definition) is 5. The number of nitrogens with zero attached hydrogens (tertiary/aromatic N) is 1. The third kappa shape index (κ3) is 3.35. The molecule has 2 fully saturated rings. The summed E-state index contributed by atoms with van der Waals surface area (Å²) in [6.07, 6.45) is 3.83. The van der Waals surface area contributed by atoms with Crippen LogP contribution >= 0.6 is 0 Å². The molecule has 2 aliphatic rings. The standard InChI is InChI=1S/C12H24N2O4S2/c1-13-10-3-5-11(6-4-10)14(2)20(17,18)12-7-8-19(15,16)9-12/h10-13H,3-9H2,1-2H3. The molecule has 1 heterocycles. The molecule has 0 radical (unpaired) electrons. The Kier molecular flexibility index (Phi) is 4.78. The Hall–Kier alpha value is -0.180. The molecule has 1 saturated heterocycles. The molecule has 118 valence electrons. The number of sulfone groups is 1. The van der Waals surface area contributed by atoms with E-state index in [4.69, 9.17) is 0 Å². The topological polar surface area (TPSA) is 83.6 Å². The molecule has 1 aliphatic carbocycles. The van der Waals surface area contributed by atoms with Gasteiger partial charge in [0.25, 0.3) is 0 Å². The van der Waals surface area contributed by atoms with Gasteiger partial charge in [0.05, 0.1) is 16.8 Å². The van der Waals surface area contributed by atoms with Crippen LogP contribution in [0.5, 0.6) is 0 Å². The maximum atomic E-state index is 12.5. The first-order valence-corrected chi connectivity index (χ1v) is 10.4. The lowest BCUT2D eigenvalue weighted by Crippen LogP contribution is -2.46. The molecule has 1 N–H and O–H groups in total. The van der Waals surface area contributed by atoms with Crippen molar-refractivity contribution in [3.05, 3.63) is 0 Å². The zero-order valence-corrected chi connectivity index (χ0v) is 13.7. The Morgan fingerprint density at radius 2 is 1.70 bits per heavy atom. The van der Waals surface area contributed by atoms with Gasteiger partial charge in [-0.15, -0.1) is 0 Å². The van der Waals surface area contributed by atoms with E-state index in [0.29, 0.717) is 6.04 Å². The average Bonchev–Trinajstić information content (AvgIpc) is 2.79. The van der Waals surface area contributed by atoms with Crippen molar-refractivity contribution in [2.24, 2.45) is 0 Å². The molecule has 6 nitrogen and oxygen atoms in total. The maximum Gasteiger partial charge on any atom is 0.218 e. The lowest BCUT2D eigenvalue weighted by Gasteiger charge is -2.35. The van der Waals surface area contributed by atoms with Crippen molar-refractivity contribution < 1.29 is 16.8 Å². The van der Waals surface area contributed by atoms with Crippen molar-refractivity contribution in [1.82, 2.24) is 9.62 Å². The lowest BCUT2D eigenvalue weighted by molar-refractivity contribution is 0.253. The van der Waals surface area contributed by atoms with E-state index in [0.717, 1.165) is 25.7 Å². The second kappa shape index (κ2) is 5.90. The zero-order chi connectivity index (χ0) is 15.0. The quantitative estimate of drug-likeness (QED) is 0.785. The smallest absolute Gasteiger partial charge is 0.218 e. The van der Waals surface area contributed by atoms with Crippen LogP contribution in [0.15, 0.2) is 0 Å². The predicted octanol–water partition coefficient (Wildman–Crippen LogP) is -0.0343. The first kappa shape index (κ1) is 16.2. The molecule has 8 heteroatoms. The molecule has 2 rings (SSSR count). The van der Waals surface area contributed by atoms with Gasteiger partial charge in [0.15, 0.2) is 9.84 Å². The van der Waals surface area contributed by atoms with Gasteiger partial charge in [-0.2, -0.15) is 0 Å². The van der Waals surface area contributed by atoms with Crippen molar-refractivity contribution in [2.75, 3.05) is 25.6 Å². The minimum absolute atomic E-state index is 0.00275. The summed E-state index contributed by atoms with van der Waals surface area (Å²) in [7, 11) is -3.14. The second-order valence-electron chi connectivity index (χ2n) is 5.88. The van der Waals surface area contributed by atoms with Crippen LogP contribution in [0.1, 0.15) is 32.1 Å². The van der Waals surface area contributed by atoms with E-state index >= 15 is 0 Å². The molecule has 1 saturated carbocycles. The third-order valence-electron chi connectivity index (χ3n) is 4.63. The fourth-order valence-corrected chi connectivity index (χ4v) is 7.68. The second-order valence-corrected chi connectivity index (χ2v) is 10.4. The first-order valence-electron chi connectivity index (χ1n) is 7.11. The number of hydrogen-bond donors (Lipinski definition) is 1. The normalized spacial score (nSPS) is 34.5. The van der Waals surface area contributed by atoms with Crippen molar-refractivity contribution in [1.29, 1.82) is 0 Å². The van der Waals surface area contributed by atoms with Gasteiger partial charge >= 0.3 is 0 Å². The fraction of sp³-hybridized carbons (Fsp3) is 1.00. The van der Waals surface area contributed by atoms with Crippen molar-refractivity contribution in [3.63, 3.8) is 0 Å². The van der Waals surface area contributed by atoms with E-state index in [-0.39, 0.29) is 24.0 Å². The number of nitrogens with one attached hydrogen (secondary N) is 1. The highest BCUT2D eigenvalue weighted by Gasteiger charge is 2.41. The van der Waals surface area contributed by atoms with E-state index in [1.165, 1.54) is 4.31 Å². The van der Waals surface area contributed by atoms with Gasteiger partial charge in [-0.25, -0.2) is 21.1 Å². The van der Waals surface area contributed by atoms with Gasteiger partial charge < -0.3 is 5.32 Å². The maximum absolute atomic E-state index is 12.5. The van der Waals surface area contributed by atoms with Crippen molar-refractivity contribution in [3.8, 4) is 0 Å². The minimum atomic E-state index is -3.50. The van der Waals surface area contributed by atoms with E-state index in [1.807, 2.05) is 7.05 Å². The Balaban J connectivity index is 2.03. The molecule has 20 heavy (non-hydrogen) atoms. The number of sulfonamides is 1.